The Bertz CT molecular complexity index is 322. The Kier molecular flexibility index (Phi) is 2.96. The molecule has 1 aliphatic rings. The highest BCUT2D eigenvalue weighted by molar-refractivity contribution is 5.28. The summed E-state index contributed by atoms with van der Waals surface area (Å²) >= 11 is 0. The number of aliphatic hydroxyl groups excluding tert-OH is 3. The maximum Gasteiger partial charge on any atom is 0.420 e. The second-order valence-corrected chi connectivity index (χ2v) is 3.16. The molecule has 0 fully saturated rings. The lowest BCUT2D eigenvalue weighted by Crippen LogP contribution is -2.40. The van der Waals surface area contributed by atoms with E-state index in [-0.39, 0.29) is 5.70 Å². The van der Waals surface area contributed by atoms with E-state index < -0.39 is 29.8 Å². The number of hydrogen-bond donors (Lipinski definition) is 4. The van der Waals surface area contributed by atoms with Gasteiger partial charge in [-0.2, -0.15) is 13.2 Å². The number of nitrogens with one attached hydrogen (secondary N) is 1. The fourth-order valence-electron chi connectivity index (χ4n) is 1.17. The second-order valence-electron chi connectivity index (χ2n) is 3.16. The van der Waals surface area contributed by atoms with Crippen molar-refractivity contribution in [3.63, 3.8) is 0 Å². The first-order valence-electron chi connectivity index (χ1n) is 4.04. The van der Waals surface area contributed by atoms with Crippen LogP contribution in [0.3, 0.4) is 0 Å². The Morgan fingerprint density at radius 1 is 1.47 bits per heavy atom. The molecular weight excluding hydrogens is 215 g/mol. The van der Waals surface area contributed by atoms with Gasteiger partial charge in [0.15, 0.2) is 6.10 Å². The number of halogens is 3. The van der Waals surface area contributed by atoms with Crippen LogP contribution in [0.4, 0.5) is 13.2 Å². The molecule has 0 saturated carbocycles. The first kappa shape index (κ1) is 11.9. The van der Waals surface area contributed by atoms with Gasteiger partial charge in [0.05, 0.1) is 5.70 Å². The molecule has 2 unspecified atom stereocenters. The van der Waals surface area contributed by atoms with Crippen molar-refractivity contribution in [2.24, 2.45) is 0 Å². The monoisotopic (exact) mass is 225 g/mol. The molecule has 0 aliphatic carbocycles. The Labute approximate surface area is 83.3 Å². The smallest absolute Gasteiger partial charge is 0.420 e. The van der Waals surface area contributed by atoms with Gasteiger partial charge < -0.3 is 20.6 Å². The van der Waals surface area contributed by atoms with Crippen molar-refractivity contribution in [3.05, 3.63) is 23.2 Å². The molecule has 0 radical (unpaired) electrons. The molecule has 2 atom stereocenters. The van der Waals surface area contributed by atoms with Gasteiger partial charge in [0, 0.05) is 5.70 Å². The van der Waals surface area contributed by atoms with Crippen LogP contribution in [-0.2, 0) is 0 Å². The van der Waals surface area contributed by atoms with Gasteiger partial charge in [-0.05, 0) is 13.0 Å². The maximum atomic E-state index is 12.1. The molecule has 0 aromatic carbocycles. The van der Waals surface area contributed by atoms with Crippen LogP contribution in [0.1, 0.15) is 6.92 Å². The molecule has 15 heavy (non-hydrogen) atoms. The molecule has 0 saturated heterocycles. The summed E-state index contributed by atoms with van der Waals surface area (Å²) in [5.74, 6) is -0.926. The summed E-state index contributed by atoms with van der Waals surface area (Å²) in [5.41, 5.74) is -0.617. The molecule has 7 heteroatoms. The van der Waals surface area contributed by atoms with Crippen molar-refractivity contribution in [1.29, 1.82) is 0 Å². The molecule has 0 bridgehead atoms. The van der Waals surface area contributed by atoms with Gasteiger partial charge in [-0.3, -0.25) is 0 Å². The van der Waals surface area contributed by atoms with E-state index in [4.69, 9.17) is 15.3 Å². The molecule has 1 heterocycles. The second kappa shape index (κ2) is 3.74. The largest absolute Gasteiger partial charge is 0.507 e. The number of hydrogen-bond acceptors (Lipinski definition) is 4. The van der Waals surface area contributed by atoms with Crippen LogP contribution >= 0.6 is 0 Å². The van der Waals surface area contributed by atoms with E-state index in [0.717, 1.165) is 6.08 Å². The highest BCUT2D eigenvalue weighted by Gasteiger charge is 2.43. The first-order chi connectivity index (χ1) is 6.73. The molecular formula is C8H10F3NO3. The Morgan fingerprint density at radius 2 is 2.00 bits per heavy atom. The summed E-state index contributed by atoms with van der Waals surface area (Å²) in [6, 6.07) is 0. The first-order valence-corrected chi connectivity index (χ1v) is 4.04. The van der Waals surface area contributed by atoms with Gasteiger partial charge in [-0.15, -0.1) is 0 Å². The van der Waals surface area contributed by atoms with Crippen LogP contribution < -0.4 is 5.32 Å². The lowest BCUT2D eigenvalue weighted by atomic mass is 10.1. The predicted octanol–water partition coefficient (Wildman–Crippen LogP) is 0.547. The zero-order chi connectivity index (χ0) is 11.8. The number of rotatable bonds is 1. The van der Waals surface area contributed by atoms with Crippen LogP contribution in [-0.4, -0.2) is 33.7 Å². The van der Waals surface area contributed by atoms with Gasteiger partial charge in [0.1, 0.15) is 11.9 Å². The Balaban J connectivity index is 2.99. The van der Waals surface area contributed by atoms with Gasteiger partial charge in [0.25, 0.3) is 0 Å². The fourth-order valence-corrected chi connectivity index (χ4v) is 1.17. The number of aliphatic hydroxyl groups is 3. The summed E-state index contributed by atoms with van der Waals surface area (Å²) in [5, 5.41) is 29.3. The topological polar surface area (TPSA) is 72.7 Å². The highest BCUT2D eigenvalue weighted by atomic mass is 19.4. The molecule has 0 aromatic rings. The maximum absolute atomic E-state index is 12.1. The van der Waals surface area contributed by atoms with E-state index >= 15 is 0 Å². The van der Waals surface area contributed by atoms with E-state index in [1.807, 2.05) is 0 Å². The summed E-state index contributed by atoms with van der Waals surface area (Å²) in [7, 11) is 0. The average Bonchev–Trinajstić information content (AvgIpc) is 2.08. The van der Waals surface area contributed by atoms with Crippen molar-refractivity contribution >= 4 is 0 Å². The van der Waals surface area contributed by atoms with E-state index in [1.54, 1.807) is 0 Å². The lowest BCUT2D eigenvalue weighted by Gasteiger charge is -2.25. The molecule has 0 aromatic heterocycles. The number of alkyl halides is 3. The summed E-state index contributed by atoms with van der Waals surface area (Å²) < 4.78 is 36.4. The predicted molar refractivity (Wildman–Crippen MR) is 44.6 cm³/mol. The molecule has 0 spiro atoms. The summed E-state index contributed by atoms with van der Waals surface area (Å²) in [4.78, 5) is 0. The fraction of sp³-hybridized carbons (Fsp3) is 0.500. The molecule has 4 N–H and O–H groups in total. The van der Waals surface area contributed by atoms with Crippen LogP contribution in [0.5, 0.6) is 0 Å². The van der Waals surface area contributed by atoms with Gasteiger partial charge in [0.2, 0.25) is 0 Å². The zero-order valence-electron chi connectivity index (χ0n) is 7.71. The van der Waals surface area contributed by atoms with Gasteiger partial charge >= 0.3 is 6.18 Å². The van der Waals surface area contributed by atoms with Crippen LogP contribution in [0.2, 0.25) is 0 Å². The summed E-state index contributed by atoms with van der Waals surface area (Å²) in [6.45, 7) is 1.40. The quantitative estimate of drug-likeness (QED) is 0.525. The SMILES string of the molecule is CC1=CC(O)C(O)=C(C(O)C(F)(F)F)N1. The number of dihydropyridines is 1. The third-order valence-electron chi connectivity index (χ3n) is 1.88. The lowest BCUT2D eigenvalue weighted by molar-refractivity contribution is -0.193. The van der Waals surface area contributed by atoms with Crippen LogP contribution in [0.15, 0.2) is 23.2 Å². The average molecular weight is 225 g/mol. The van der Waals surface area contributed by atoms with E-state index in [1.165, 1.54) is 6.92 Å². The Hall–Kier alpha value is -1.21. The molecule has 4 nitrogen and oxygen atoms in total. The standard InChI is InChI=1S/C8H10F3NO3/c1-3-2-4(13)6(14)5(12-3)7(15)8(9,10)11/h2,4,7,12-15H,1H3. The molecule has 1 aliphatic heterocycles. The van der Waals surface area contributed by atoms with E-state index in [9.17, 15) is 13.2 Å². The third kappa shape index (κ3) is 2.42. The highest BCUT2D eigenvalue weighted by Crippen LogP contribution is 2.28. The minimum atomic E-state index is -4.90. The number of allylic oxidation sites excluding steroid dienone is 1. The molecule has 0 amide bonds. The van der Waals surface area contributed by atoms with Crippen molar-refractivity contribution < 1.29 is 28.5 Å². The zero-order valence-corrected chi connectivity index (χ0v) is 7.71. The molecule has 1 rings (SSSR count). The van der Waals surface area contributed by atoms with Crippen LogP contribution in [0.25, 0.3) is 0 Å². The minimum absolute atomic E-state index is 0.221. The third-order valence-corrected chi connectivity index (χ3v) is 1.88. The van der Waals surface area contributed by atoms with Crippen molar-refractivity contribution in [1.82, 2.24) is 5.32 Å². The van der Waals surface area contributed by atoms with Crippen LogP contribution in [0, 0.1) is 0 Å². The van der Waals surface area contributed by atoms with Gasteiger partial charge in [-0.1, -0.05) is 0 Å². The van der Waals surface area contributed by atoms with Crippen molar-refractivity contribution in [3.8, 4) is 0 Å². The minimum Gasteiger partial charge on any atom is -0.507 e. The molecule has 86 valence electrons. The van der Waals surface area contributed by atoms with Crippen molar-refractivity contribution in [2.45, 2.75) is 25.3 Å². The summed E-state index contributed by atoms with van der Waals surface area (Å²) in [6.07, 6.45) is -8.13. The van der Waals surface area contributed by atoms with Crippen molar-refractivity contribution in [2.75, 3.05) is 0 Å². The van der Waals surface area contributed by atoms with E-state index in [2.05, 4.69) is 5.32 Å². The Morgan fingerprint density at radius 3 is 2.47 bits per heavy atom. The van der Waals surface area contributed by atoms with Gasteiger partial charge in [-0.25, -0.2) is 0 Å². The van der Waals surface area contributed by atoms with E-state index in [0.29, 0.717) is 0 Å². The normalized spacial score (nSPS) is 24.7.